The highest BCUT2D eigenvalue weighted by Crippen LogP contribution is 2.53. The van der Waals surface area contributed by atoms with Crippen molar-refractivity contribution in [3.8, 4) is 45.3 Å². The molecule has 10 rings (SSSR count). The summed E-state index contributed by atoms with van der Waals surface area (Å²) in [6.45, 7) is 0. The van der Waals surface area contributed by atoms with Gasteiger partial charge in [0, 0.05) is 34.0 Å². The quantitative estimate of drug-likeness (QED) is 0.186. The average Bonchev–Trinajstić information content (AvgIpc) is 3.56. The van der Waals surface area contributed by atoms with Gasteiger partial charge in [-0.15, -0.1) is 0 Å². The van der Waals surface area contributed by atoms with E-state index in [9.17, 15) is 0 Å². The first-order chi connectivity index (χ1) is 25.3. The summed E-state index contributed by atoms with van der Waals surface area (Å²) in [7, 11) is 0. The van der Waals surface area contributed by atoms with E-state index in [1.165, 1.54) is 33.1 Å². The van der Waals surface area contributed by atoms with Gasteiger partial charge >= 0.3 is 0 Å². The van der Waals surface area contributed by atoms with E-state index in [2.05, 4.69) is 163 Å². The number of benzene rings is 7. The third-order valence-corrected chi connectivity index (χ3v) is 10.2. The molecule has 8 aromatic rings. The van der Waals surface area contributed by atoms with Crippen LogP contribution in [0.25, 0.3) is 66.8 Å². The Bertz CT molecular complexity index is 2660. The molecule has 0 fully saturated rings. The van der Waals surface area contributed by atoms with Gasteiger partial charge in [-0.25, -0.2) is 15.0 Å². The van der Waals surface area contributed by atoms with Crippen molar-refractivity contribution in [3.63, 3.8) is 0 Å². The van der Waals surface area contributed by atoms with Crippen molar-refractivity contribution < 1.29 is 0 Å². The van der Waals surface area contributed by atoms with Crippen molar-refractivity contribution in [3.05, 3.63) is 187 Å². The number of allylic oxidation sites excluding steroid dienone is 4. The monoisotopic (exact) mass is 652 g/mol. The van der Waals surface area contributed by atoms with Crippen LogP contribution in [0, 0.1) is 0 Å². The van der Waals surface area contributed by atoms with Crippen molar-refractivity contribution in [1.29, 1.82) is 0 Å². The molecular formula is C47H32N4. The number of hydrogen-bond donors (Lipinski definition) is 0. The van der Waals surface area contributed by atoms with Gasteiger partial charge in [-0.3, -0.25) is 0 Å². The zero-order chi connectivity index (χ0) is 33.7. The predicted octanol–water partition coefficient (Wildman–Crippen LogP) is 11.9. The van der Waals surface area contributed by atoms with Crippen LogP contribution in [-0.2, 0) is 0 Å². The lowest BCUT2D eigenvalue weighted by Gasteiger charge is -2.24. The van der Waals surface area contributed by atoms with Gasteiger partial charge in [-0.2, -0.15) is 0 Å². The van der Waals surface area contributed by atoms with E-state index in [-0.39, 0.29) is 0 Å². The molecule has 0 saturated heterocycles. The molecule has 0 amide bonds. The first-order valence-electron chi connectivity index (χ1n) is 17.5. The highest BCUT2D eigenvalue weighted by Gasteiger charge is 2.36. The van der Waals surface area contributed by atoms with Gasteiger partial charge in [-0.05, 0) is 93.2 Å². The topological polar surface area (TPSA) is 41.9 Å². The molecule has 0 radical (unpaired) electrons. The van der Waals surface area contributed by atoms with Crippen LogP contribution in [0.2, 0.25) is 0 Å². The number of nitrogens with zero attached hydrogens (tertiary/aromatic N) is 4. The zero-order valence-corrected chi connectivity index (χ0v) is 27.8. The highest BCUT2D eigenvalue weighted by atomic mass is 15.2. The molecule has 0 saturated carbocycles. The van der Waals surface area contributed by atoms with Gasteiger partial charge in [-0.1, -0.05) is 127 Å². The Morgan fingerprint density at radius 1 is 0.490 bits per heavy atom. The molecule has 7 aromatic carbocycles. The van der Waals surface area contributed by atoms with Crippen LogP contribution in [-0.4, -0.2) is 15.0 Å². The summed E-state index contributed by atoms with van der Waals surface area (Å²) >= 11 is 0. The summed E-state index contributed by atoms with van der Waals surface area (Å²) in [6, 6.07) is 55.6. The van der Waals surface area contributed by atoms with E-state index >= 15 is 0 Å². The number of fused-ring (bicyclic) bond motifs is 6. The lowest BCUT2D eigenvalue weighted by Crippen LogP contribution is -2.14. The minimum atomic E-state index is 0.332. The van der Waals surface area contributed by atoms with Crippen LogP contribution in [0.1, 0.15) is 17.9 Å². The summed E-state index contributed by atoms with van der Waals surface area (Å²) in [6.07, 6.45) is 7.74. The second-order valence-electron chi connectivity index (χ2n) is 13.2. The van der Waals surface area contributed by atoms with E-state index in [1.807, 2.05) is 18.2 Å². The Balaban J connectivity index is 1.10. The fourth-order valence-electron chi connectivity index (χ4n) is 7.79. The lowest BCUT2D eigenvalue weighted by atomic mass is 9.89. The van der Waals surface area contributed by atoms with Gasteiger partial charge < -0.3 is 4.90 Å². The molecular weight excluding hydrogens is 621 g/mol. The molecule has 1 atom stereocenters. The highest BCUT2D eigenvalue weighted by molar-refractivity contribution is 6.00. The normalized spacial score (nSPS) is 14.8. The molecule has 1 aliphatic heterocycles. The number of aromatic nitrogens is 3. The third-order valence-electron chi connectivity index (χ3n) is 10.2. The van der Waals surface area contributed by atoms with Gasteiger partial charge in [0.2, 0.25) is 0 Å². The van der Waals surface area contributed by atoms with Gasteiger partial charge in [0.25, 0.3) is 0 Å². The van der Waals surface area contributed by atoms with E-state index in [4.69, 9.17) is 15.0 Å². The van der Waals surface area contributed by atoms with Gasteiger partial charge in [0.1, 0.15) is 0 Å². The first kappa shape index (κ1) is 29.3. The maximum absolute atomic E-state index is 5.15. The number of hydrogen-bond acceptors (Lipinski definition) is 4. The van der Waals surface area contributed by atoms with E-state index in [0.29, 0.717) is 23.4 Å². The molecule has 0 spiro atoms. The van der Waals surface area contributed by atoms with Crippen molar-refractivity contribution in [1.82, 2.24) is 15.0 Å². The summed E-state index contributed by atoms with van der Waals surface area (Å²) in [4.78, 5) is 17.7. The summed E-state index contributed by atoms with van der Waals surface area (Å²) in [5.41, 5.74) is 10.3. The number of anilines is 2. The van der Waals surface area contributed by atoms with E-state index in [1.54, 1.807) is 0 Å². The summed E-state index contributed by atoms with van der Waals surface area (Å²) in [5, 5.41) is 4.95. The zero-order valence-electron chi connectivity index (χ0n) is 27.8. The molecule has 2 heterocycles. The van der Waals surface area contributed by atoms with Gasteiger partial charge in [0.15, 0.2) is 17.5 Å². The average molecular weight is 653 g/mol. The minimum Gasteiger partial charge on any atom is -0.313 e. The molecule has 0 N–H and O–H groups in total. The van der Waals surface area contributed by atoms with Crippen LogP contribution in [0.3, 0.4) is 0 Å². The van der Waals surface area contributed by atoms with Crippen LogP contribution in [0.15, 0.2) is 182 Å². The minimum absolute atomic E-state index is 0.332. The Hall–Kier alpha value is -6.65. The van der Waals surface area contributed by atoms with E-state index < -0.39 is 0 Å². The fraction of sp³-hybridized carbons (Fsp3) is 0.0426. The Kier molecular flexibility index (Phi) is 6.91. The van der Waals surface area contributed by atoms with Gasteiger partial charge in [0.05, 0.1) is 5.69 Å². The van der Waals surface area contributed by atoms with Crippen LogP contribution in [0.5, 0.6) is 0 Å². The Morgan fingerprint density at radius 2 is 1.10 bits per heavy atom. The lowest BCUT2D eigenvalue weighted by molar-refractivity contribution is 0.825. The molecule has 1 aliphatic carbocycles. The van der Waals surface area contributed by atoms with Crippen molar-refractivity contribution in [2.24, 2.45) is 0 Å². The molecule has 0 bridgehead atoms. The standard InChI is InChI=1S/C47H32N4/c1-3-13-31(14-4-1)41-30-36(29-35-18-8-9-19-38(35)41)47-49-45(33-16-5-2-6-17-33)48-46(50-47)34-23-26-37(27-24-34)51-42-22-12-11-21-40(42)44-39-20-10-7-15-32(39)25-28-43(44)51/h1-20,22-30,40H,21H2. The fourth-order valence-corrected chi connectivity index (χ4v) is 7.79. The maximum atomic E-state index is 5.15. The Labute approximate surface area is 296 Å². The SMILES string of the molecule is C1=CCC2C(=C1)N(c1ccc(-c3nc(-c4ccccc4)nc(-c4cc(-c5ccccc5)c5ccccc5c4)n3)cc1)c1ccc3ccccc3c12. The molecule has 4 heteroatoms. The van der Waals surface area contributed by atoms with Crippen LogP contribution in [0.4, 0.5) is 11.4 Å². The molecule has 4 nitrogen and oxygen atoms in total. The van der Waals surface area contributed by atoms with Crippen molar-refractivity contribution in [2.45, 2.75) is 12.3 Å². The van der Waals surface area contributed by atoms with Crippen molar-refractivity contribution in [2.75, 3.05) is 4.90 Å². The van der Waals surface area contributed by atoms with E-state index in [0.717, 1.165) is 45.3 Å². The second kappa shape index (κ2) is 12.0. The second-order valence-corrected chi connectivity index (χ2v) is 13.2. The molecule has 51 heavy (non-hydrogen) atoms. The van der Waals surface area contributed by atoms with Crippen LogP contribution >= 0.6 is 0 Å². The van der Waals surface area contributed by atoms with Crippen LogP contribution < -0.4 is 4.90 Å². The Morgan fingerprint density at radius 3 is 1.84 bits per heavy atom. The molecule has 1 aromatic heterocycles. The summed E-state index contributed by atoms with van der Waals surface area (Å²) in [5.74, 6) is 2.27. The largest absolute Gasteiger partial charge is 0.313 e. The number of rotatable bonds is 5. The molecule has 240 valence electrons. The predicted molar refractivity (Wildman–Crippen MR) is 210 cm³/mol. The maximum Gasteiger partial charge on any atom is 0.164 e. The van der Waals surface area contributed by atoms with Crippen molar-refractivity contribution >= 4 is 32.9 Å². The first-order valence-corrected chi connectivity index (χ1v) is 17.5. The molecule has 2 aliphatic rings. The third kappa shape index (κ3) is 5.03. The smallest absolute Gasteiger partial charge is 0.164 e. The summed E-state index contributed by atoms with van der Waals surface area (Å²) < 4.78 is 0. The molecule has 1 unspecified atom stereocenters.